The second-order valence-electron chi connectivity index (χ2n) is 4.12. The van der Waals surface area contributed by atoms with E-state index in [9.17, 15) is 4.79 Å². The van der Waals surface area contributed by atoms with Gasteiger partial charge < -0.3 is 15.6 Å². The fourth-order valence-corrected chi connectivity index (χ4v) is 2.09. The summed E-state index contributed by atoms with van der Waals surface area (Å²) in [7, 11) is 0. The van der Waals surface area contributed by atoms with E-state index in [4.69, 9.17) is 0 Å². The molecule has 4 nitrogen and oxygen atoms in total. The SMILES string of the molecule is CCNCc1ccccc1NC(=O)c1cc(Br)c[nH]1. The van der Waals surface area contributed by atoms with E-state index in [2.05, 4.69) is 38.5 Å². The molecule has 2 rings (SSSR count). The highest BCUT2D eigenvalue weighted by atomic mass is 79.9. The van der Waals surface area contributed by atoms with Crippen LogP contribution < -0.4 is 10.6 Å². The Kier molecular flexibility index (Phi) is 4.76. The van der Waals surface area contributed by atoms with Crippen LogP contribution in [-0.2, 0) is 6.54 Å². The molecule has 0 aliphatic heterocycles. The predicted molar refractivity (Wildman–Crippen MR) is 80.3 cm³/mol. The van der Waals surface area contributed by atoms with Crippen molar-refractivity contribution >= 4 is 27.5 Å². The number of hydrogen-bond acceptors (Lipinski definition) is 2. The van der Waals surface area contributed by atoms with E-state index in [1.54, 1.807) is 12.3 Å². The van der Waals surface area contributed by atoms with Crippen LogP contribution in [0.5, 0.6) is 0 Å². The molecule has 0 unspecified atom stereocenters. The number of H-pyrrole nitrogens is 1. The van der Waals surface area contributed by atoms with E-state index < -0.39 is 0 Å². The highest BCUT2D eigenvalue weighted by molar-refractivity contribution is 9.10. The Morgan fingerprint density at radius 2 is 2.16 bits per heavy atom. The molecule has 100 valence electrons. The van der Waals surface area contributed by atoms with Gasteiger partial charge in [0.2, 0.25) is 0 Å². The van der Waals surface area contributed by atoms with Gasteiger partial charge in [0.25, 0.3) is 5.91 Å². The number of anilines is 1. The number of rotatable bonds is 5. The van der Waals surface area contributed by atoms with Gasteiger partial charge in [-0.2, -0.15) is 0 Å². The van der Waals surface area contributed by atoms with Crippen molar-refractivity contribution < 1.29 is 4.79 Å². The molecule has 0 aliphatic carbocycles. The first kappa shape index (κ1) is 13.8. The molecule has 19 heavy (non-hydrogen) atoms. The van der Waals surface area contributed by atoms with Crippen molar-refractivity contribution in [3.8, 4) is 0 Å². The van der Waals surface area contributed by atoms with Crippen LogP contribution in [0.1, 0.15) is 23.0 Å². The molecule has 0 saturated carbocycles. The first-order valence-electron chi connectivity index (χ1n) is 6.14. The summed E-state index contributed by atoms with van der Waals surface area (Å²) in [5, 5.41) is 6.17. The fraction of sp³-hybridized carbons (Fsp3) is 0.214. The molecule has 1 amide bonds. The highest BCUT2D eigenvalue weighted by Gasteiger charge is 2.10. The van der Waals surface area contributed by atoms with Crippen LogP contribution in [0.4, 0.5) is 5.69 Å². The molecule has 3 N–H and O–H groups in total. The topological polar surface area (TPSA) is 56.9 Å². The molecule has 1 aromatic carbocycles. The van der Waals surface area contributed by atoms with E-state index >= 15 is 0 Å². The summed E-state index contributed by atoms with van der Waals surface area (Å²) >= 11 is 3.31. The summed E-state index contributed by atoms with van der Waals surface area (Å²) in [5.41, 5.74) is 2.44. The van der Waals surface area contributed by atoms with E-state index in [1.807, 2.05) is 24.3 Å². The van der Waals surface area contributed by atoms with E-state index in [0.29, 0.717) is 5.69 Å². The van der Waals surface area contributed by atoms with E-state index in [1.165, 1.54) is 0 Å². The van der Waals surface area contributed by atoms with E-state index in [0.717, 1.165) is 28.8 Å². The number of carbonyl (C=O) groups excluding carboxylic acids is 1. The molecule has 0 bridgehead atoms. The molecule has 0 radical (unpaired) electrons. The minimum Gasteiger partial charge on any atom is -0.356 e. The maximum Gasteiger partial charge on any atom is 0.272 e. The Morgan fingerprint density at radius 3 is 2.84 bits per heavy atom. The van der Waals surface area contributed by atoms with Gasteiger partial charge in [0, 0.05) is 22.9 Å². The minimum absolute atomic E-state index is 0.144. The Hall–Kier alpha value is -1.59. The van der Waals surface area contributed by atoms with Crippen molar-refractivity contribution in [3.05, 3.63) is 52.3 Å². The molecule has 0 spiro atoms. The van der Waals surface area contributed by atoms with Crippen molar-refractivity contribution in [1.29, 1.82) is 0 Å². The van der Waals surface area contributed by atoms with Crippen LogP contribution in [-0.4, -0.2) is 17.4 Å². The second-order valence-corrected chi connectivity index (χ2v) is 5.04. The van der Waals surface area contributed by atoms with E-state index in [-0.39, 0.29) is 5.91 Å². The summed E-state index contributed by atoms with van der Waals surface area (Å²) < 4.78 is 0.860. The molecule has 0 fully saturated rings. The summed E-state index contributed by atoms with van der Waals surface area (Å²) in [5.74, 6) is -0.144. The second kappa shape index (κ2) is 6.54. The van der Waals surface area contributed by atoms with Crippen molar-refractivity contribution in [1.82, 2.24) is 10.3 Å². The zero-order valence-electron chi connectivity index (χ0n) is 10.7. The van der Waals surface area contributed by atoms with Gasteiger partial charge in [-0.25, -0.2) is 0 Å². The largest absolute Gasteiger partial charge is 0.356 e. The lowest BCUT2D eigenvalue weighted by atomic mass is 10.1. The lowest BCUT2D eigenvalue weighted by Crippen LogP contribution is -2.17. The third-order valence-corrected chi connectivity index (χ3v) is 3.18. The number of aromatic nitrogens is 1. The number of carbonyl (C=O) groups is 1. The monoisotopic (exact) mass is 321 g/mol. The fourth-order valence-electron chi connectivity index (χ4n) is 1.74. The first-order valence-corrected chi connectivity index (χ1v) is 6.94. The lowest BCUT2D eigenvalue weighted by Gasteiger charge is -2.10. The molecule has 1 aromatic heterocycles. The zero-order chi connectivity index (χ0) is 13.7. The van der Waals surface area contributed by atoms with Gasteiger partial charge in [-0.15, -0.1) is 0 Å². The van der Waals surface area contributed by atoms with Crippen molar-refractivity contribution in [3.63, 3.8) is 0 Å². The normalized spacial score (nSPS) is 10.4. The Labute approximate surface area is 120 Å². The van der Waals surface area contributed by atoms with Gasteiger partial charge >= 0.3 is 0 Å². The van der Waals surface area contributed by atoms with Crippen LogP contribution >= 0.6 is 15.9 Å². The average molecular weight is 322 g/mol. The molecular weight excluding hydrogens is 306 g/mol. The number of amides is 1. The van der Waals surface area contributed by atoms with Gasteiger partial charge in [-0.05, 0) is 40.2 Å². The van der Waals surface area contributed by atoms with Crippen molar-refractivity contribution in [2.45, 2.75) is 13.5 Å². The number of para-hydroxylation sites is 1. The smallest absolute Gasteiger partial charge is 0.272 e. The van der Waals surface area contributed by atoms with Gasteiger partial charge in [0.1, 0.15) is 5.69 Å². The number of halogens is 1. The summed E-state index contributed by atoms with van der Waals surface area (Å²) in [6, 6.07) is 9.54. The van der Waals surface area contributed by atoms with Gasteiger partial charge in [-0.1, -0.05) is 25.1 Å². The molecule has 0 saturated heterocycles. The standard InChI is InChI=1S/C14H16BrN3O/c1-2-16-8-10-5-3-4-6-12(10)18-14(19)13-7-11(15)9-17-13/h3-7,9,16-17H,2,8H2,1H3,(H,18,19). The van der Waals surface area contributed by atoms with Crippen molar-refractivity contribution in [2.24, 2.45) is 0 Å². The van der Waals surface area contributed by atoms with Gasteiger partial charge in [0.05, 0.1) is 0 Å². The summed E-state index contributed by atoms with van der Waals surface area (Å²) in [4.78, 5) is 15.0. The third-order valence-electron chi connectivity index (χ3n) is 2.72. The lowest BCUT2D eigenvalue weighted by molar-refractivity contribution is 0.102. The average Bonchev–Trinajstić information content (AvgIpc) is 2.84. The maximum atomic E-state index is 12.1. The number of nitrogens with one attached hydrogen (secondary N) is 3. The Balaban J connectivity index is 2.12. The minimum atomic E-state index is -0.144. The first-order chi connectivity index (χ1) is 9.20. The Morgan fingerprint density at radius 1 is 1.37 bits per heavy atom. The molecule has 2 aromatic rings. The third kappa shape index (κ3) is 3.68. The highest BCUT2D eigenvalue weighted by Crippen LogP contribution is 2.17. The summed E-state index contributed by atoms with van der Waals surface area (Å²) in [6.45, 7) is 3.69. The molecule has 5 heteroatoms. The quantitative estimate of drug-likeness (QED) is 0.792. The molecular formula is C14H16BrN3O. The van der Waals surface area contributed by atoms with Gasteiger partial charge in [0.15, 0.2) is 0 Å². The predicted octanol–water partition coefficient (Wildman–Crippen LogP) is 3.14. The van der Waals surface area contributed by atoms with Crippen LogP contribution in [0, 0.1) is 0 Å². The van der Waals surface area contributed by atoms with Crippen LogP contribution in [0.25, 0.3) is 0 Å². The van der Waals surface area contributed by atoms with Crippen LogP contribution in [0.15, 0.2) is 41.0 Å². The van der Waals surface area contributed by atoms with Crippen LogP contribution in [0.2, 0.25) is 0 Å². The summed E-state index contributed by atoms with van der Waals surface area (Å²) in [6.07, 6.45) is 1.74. The van der Waals surface area contributed by atoms with Crippen molar-refractivity contribution in [2.75, 3.05) is 11.9 Å². The molecule has 1 heterocycles. The zero-order valence-corrected chi connectivity index (χ0v) is 12.3. The van der Waals surface area contributed by atoms with Crippen LogP contribution in [0.3, 0.4) is 0 Å². The number of aromatic amines is 1. The Bertz CT molecular complexity index is 565. The van der Waals surface area contributed by atoms with Gasteiger partial charge in [-0.3, -0.25) is 4.79 Å². The molecule has 0 atom stereocenters. The molecule has 0 aliphatic rings. The number of hydrogen-bond donors (Lipinski definition) is 3. The maximum absolute atomic E-state index is 12.1. The number of benzene rings is 1.